The number of aromatic nitrogens is 4. The highest BCUT2D eigenvalue weighted by molar-refractivity contribution is 7.91. The molecule has 3 heterocycles. The molecule has 9 heteroatoms. The molecule has 1 saturated heterocycles. The molecular weight excluding hydrogens is 410 g/mol. The van der Waals surface area contributed by atoms with E-state index in [-0.39, 0.29) is 6.04 Å². The van der Waals surface area contributed by atoms with Crippen molar-refractivity contribution in [2.75, 3.05) is 24.7 Å². The molecule has 1 aliphatic heterocycles. The summed E-state index contributed by atoms with van der Waals surface area (Å²) in [4.78, 5) is 10.1. The second-order valence-electron chi connectivity index (χ2n) is 8.04. The zero-order chi connectivity index (χ0) is 21.4. The van der Waals surface area contributed by atoms with Crippen molar-refractivity contribution in [2.24, 2.45) is 0 Å². The fraction of sp³-hybridized carbons (Fsp3) is 0.318. The van der Waals surface area contributed by atoms with Gasteiger partial charge in [-0.3, -0.25) is 0 Å². The van der Waals surface area contributed by atoms with Gasteiger partial charge in [0.2, 0.25) is 5.95 Å². The lowest BCUT2D eigenvalue weighted by molar-refractivity contribution is 0.628. The molecule has 1 fully saturated rings. The number of nitrogens with zero attached hydrogens (tertiary/aromatic N) is 4. The molecule has 0 bridgehead atoms. The average Bonchev–Trinajstić information content (AvgIpc) is 3.06. The van der Waals surface area contributed by atoms with Crippen LogP contribution >= 0.6 is 0 Å². The molecule has 160 valence electrons. The van der Waals surface area contributed by atoms with Crippen molar-refractivity contribution in [3.05, 3.63) is 48.5 Å². The zero-order valence-corrected chi connectivity index (χ0v) is 18.2. The number of fused-ring (bicyclic) bond motifs is 3. The number of hydrogen-bond acceptors (Lipinski definition) is 7. The Morgan fingerprint density at radius 3 is 2.90 bits per heavy atom. The average molecular weight is 436 g/mol. The van der Waals surface area contributed by atoms with Crippen LogP contribution in [0.3, 0.4) is 0 Å². The van der Waals surface area contributed by atoms with Gasteiger partial charge in [0, 0.05) is 34.7 Å². The lowest BCUT2D eigenvalue weighted by Gasteiger charge is -2.17. The molecule has 3 N–H and O–H groups in total. The predicted molar refractivity (Wildman–Crippen MR) is 123 cm³/mol. The molecule has 0 radical (unpaired) electrons. The Morgan fingerprint density at radius 1 is 1.16 bits per heavy atom. The number of para-hydroxylation sites is 1. The SMILES string of the molecule is CS(=N)(=O)c1cccc(-c2nc3c4ccccc4nc(N[C@@H]4CCCCNC4)n3n2)c1. The van der Waals surface area contributed by atoms with E-state index in [1.54, 1.807) is 22.7 Å². The van der Waals surface area contributed by atoms with Crippen LogP contribution in [0.1, 0.15) is 19.3 Å². The Labute approximate surface area is 181 Å². The van der Waals surface area contributed by atoms with Gasteiger partial charge in [0.25, 0.3) is 0 Å². The van der Waals surface area contributed by atoms with Crippen molar-refractivity contribution >= 4 is 32.2 Å². The Morgan fingerprint density at radius 2 is 2.03 bits per heavy atom. The Balaban J connectivity index is 1.65. The van der Waals surface area contributed by atoms with Crippen LogP contribution in [-0.2, 0) is 9.73 Å². The van der Waals surface area contributed by atoms with E-state index >= 15 is 0 Å². The number of hydrogen-bond donors (Lipinski definition) is 3. The third-order valence-electron chi connectivity index (χ3n) is 5.60. The van der Waals surface area contributed by atoms with E-state index in [0.717, 1.165) is 41.6 Å². The molecule has 8 nitrogen and oxygen atoms in total. The normalized spacial score (nSPS) is 19.2. The van der Waals surface area contributed by atoms with Crippen molar-refractivity contribution in [3.8, 4) is 11.4 Å². The van der Waals surface area contributed by atoms with Crippen molar-refractivity contribution in [2.45, 2.75) is 30.2 Å². The monoisotopic (exact) mass is 435 g/mol. The largest absolute Gasteiger partial charge is 0.350 e. The van der Waals surface area contributed by atoms with Crippen molar-refractivity contribution < 1.29 is 4.21 Å². The van der Waals surface area contributed by atoms with E-state index in [0.29, 0.717) is 16.7 Å². The van der Waals surface area contributed by atoms with E-state index in [1.807, 2.05) is 30.3 Å². The van der Waals surface area contributed by atoms with Gasteiger partial charge in [-0.15, -0.1) is 5.10 Å². The number of rotatable bonds is 4. The van der Waals surface area contributed by atoms with Crippen LogP contribution in [-0.4, -0.2) is 49.2 Å². The molecule has 2 atom stereocenters. The first kappa shape index (κ1) is 19.9. The van der Waals surface area contributed by atoms with Crippen molar-refractivity contribution in [3.63, 3.8) is 0 Å². The van der Waals surface area contributed by atoms with Crippen LogP contribution in [0.2, 0.25) is 0 Å². The highest BCUT2D eigenvalue weighted by Crippen LogP contribution is 2.26. The van der Waals surface area contributed by atoms with Gasteiger partial charge < -0.3 is 10.6 Å². The summed E-state index contributed by atoms with van der Waals surface area (Å²) in [7, 11) is -2.82. The van der Waals surface area contributed by atoms with Gasteiger partial charge in [-0.1, -0.05) is 30.7 Å². The van der Waals surface area contributed by atoms with Crippen LogP contribution in [0.4, 0.5) is 5.95 Å². The van der Waals surface area contributed by atoms with Crippen LogP contribution < -0.4 is 10.6 Å². The maximum Gasteiger partial charge on any atom is 0.226 e. The van der Waals surface area contributed by atoms with Gasteiger partial charge in [0.1, 0.15) is 0 Å². The minimum absolute atomic E-state index is 0.267. The first-order valence-corrected chi connectivity index (χ1v) is 12.4. The standard InChI is InChI=1S/C22H25N7OS/c1-31(23,30)17-9-6-7-15(13-17)20-27-21-18-10-2-3-11-19(18)26-22(29(21)28-20)25-16-8-4-5-12-24-14-16/h2-3,6-7,9-11,13,16,23-24H,4-5,8,12,14H2,1H3,(H,25,26)/t16-,31?/m1/s1. The zero-order valence-electron chi connectivity index (χ0n) is 17.3. The van der Waals surface area contributed by atoms with Crippen LogP contribution in [0.15, 0.2) is 53.4 Å². The van der Waals surface area contributed by atoms with Gasteiger partial charge in [-0.25, -0.2) is 19.0 Å². The summed E-state index contributed by atoms with van der Waals surface area (Å²) in [6.07, 6.45) is 4.84. The van der Waals surface area contributed by atoms with Crippen molar-refractivity contribution in [1.82, 2.24) is 24.9 Å². The molecule has 1 unspecified atom stereocenters. The van der Waals surface area contributed by atoms with Crippen LogP contribution in [0.25, 0.3) is 27.9 Å². The fourth-order valence-electron chi connectivity index (χ4n) is 3.97. The third kappa shape index (κ3) is 3.98. The fourth-order valence-corrected chi connectivity index (χ4v) is 4.66. The maximum absolute atomic E-state index is 12.2. The first-order chi connectivity index (χ1) is 15.0. The molecular formula is C22H25N7OS. The second-order valence-corrected chi connectivity index (χ2v) is 10.2. The molecule has 31 heavy (non-hydrogen) atoms. The van der Waals surface area contributed by atoms with E-state index in [2.05, 4.69) is 10.6 Å². The lowest BCUT2D eigenvalue weighted by atomic mass is 10.1. The molecule has 0 spiro atoms. The number of anilines is 1. The quantitative estimate of drug-likeness (QED) is 0.453. The third-order valence-corrected chi connectivity index (χ3v) is 6.75. The molecule has 2 aromatic carbocycles. The van der Waals surface area contributed by atoms with E-state index in [9.17, 15) is 4.21 Å². The smallest absolute Gasteiger partial charge is 0.226 e. The summed E-state index contributed by atoms with van der Waals surface area (Å²) >= 11 is 0. The molecule has 5 rings (SSSR count). The first-order valence-electron chi connectivity index (χ1n) is 10.5. The Kier molecular flexibility index (Phi) is 5.07. The molecule has 0 aliphatic carbocycles. The number of nitrogens with one attached hydrogen (secondary N) is 3. The van der Waals surface area contributed by atoms with Gasteiger partial charge >= 0.3 is 0 Å². The highest BCUT2D eigenvalue weighted by atomic mass is 32.2. The minimum atomic E-state index is -2.82. The van der Waals surface area contributed by atoms with Crippen LogP contribution in [0, 0.1) is 4.78 Å². The molecule has 4 aromatic rings. The molecule has 2 aromatic heterocycles. The van der Waals surface area contributed by atoms with Gasteiger partial charge in [-0.05, 0) is 43.7 Å². The minimum Gasteiger partial charge on any atom is -0.350 e. The summed E-state index contributed by atoms with van der Waals surface area (Å²) in [5, 5.41) is 12.7. The van der Waals surface area contributed by atoms with Gasteiger partial charge in [-0.2, -0.15) is 4.52 Å². The van der Waals surface area contributed by atoms with E-state index in [4.69, 9.17) is 19.8 Å². The lowest BCUT2D eigenvalue weighted by Crippen LogP contribution is -2.32. The highest BCUT2D eigenvalue weighted by Gasteiger charge is 2.18. The topological polar surface area (TPSA) is 108 Å². The summed E-state index contributed by atoms with van der Waals surface area (Å²) in [6.45, 7) is 1.92. The maximum atomic E-state index is 12.2. The van der Waals surface area contributed by atoms with Gasteiger partial charge in [0.15, 0.2) is 11.5 Å². The summed E-state index contributed by atoms with van der Waals surface area (Å²) in [6, 6.07) is 15.3. The second kappa shape index (κ2) is 7.90. The molecule has 0 saturated carbocycles. The summed E-state index contributed by atoms with van der Waals surface area (Å²) in [5.41, 5.74) is 2.31. The Hall–Kier alpha value is -3.04. The Bertz CT molecular complexity index is 1360. The molecule has 1 aliphatic rings. The van der Waals surface area contributed by atoms with Crippen LogP contribution in [0.5, 0.6) is 0 Å². The molecule has 0 amide bonds. The predicted octanol–water partition coefficient (Wildman–Crippen LogP) is 3.53. The number of benzene rings is 2. The van der Waals surface area contributed by atoms with E-state index < -0.39 is 9.73 Å². The summed E-state index contributed by atoms with van der Waals surface area (Å²) < 4.78 is 21.9. The summed E-state index contributed by atoms with van der Waals surface area (Å²) in [5.74, 6) is 1.18. The van der Waals surface area contributed by atoms with E-state index in [1.165, 1.54) is 19.1 Å². The van der Waals surface area contributed by atoms with Gasteiger partial charge in [0.05, 0.1) is 15.2 Å². The van der Waals surface area contributed by atoms with Crippen molar-refractivity contribution in [1.29, 1.82) is 4.78 Å².